The summed E-state index contributed by atoms with van der Waals surface area (Å²) in [6.45, 7) is 0.133. The second kappa shape index (κ2) is 9.67. The molecule has 1 aliphatic heterocycles. The van der Waals surface area contributed by atoms with Gasteiger partial charge in [0.05, 0.1) is 14.2 Å². The highest BCUT2D eigenvalue weighted by Crippen LogP contribution is 2.43. The molecule has 1 aromatic heterocycles. The lowest BCUT2D eigenvalue weighted by Crippen LogP contribution is -2.59. The average Bonchev–Trinajstić information content (AvgIpc) is 3.34. The van der Waals surface area contributed by atoms with Crippen molar-refractivity contribution < 1.29 is 33.8 Å². The number of ether oxygens (including phenoxy) is 2. The van der Waals surface area contributed by atoms with Crippen molar-refractivity contribution in [1.29, 1.82) is 0 Å². The van der Waals surface area contributed by atoms with Crippen molar-refractivity contribution in [2.24, 2.45) is 0 Å². The highest BCUT2D eigenvalue weighted by atomic mass is 16.5. The number of piperidine rings is 1. The van der Waals surface area contributed by atoms with E-state index in [2.05, 4.69) is 4.98 Å². The fraction of sp³-hybridized carbons (Fsp3) is 0.320. The van der Waals surface area contributed by atoms with Crippen LogP contribution in [-0.4, -0.2) is 65.1 Å². The molecule has 2 heterocycles. The number of amides is 2. The average molecular weight is 482 g/mol. The number of aromatic nitrogens is 1. The van der Waals surface area contributed by atoms with Crippen LogP contribution in [0.5, 0.6) is 11.5 Å². The third-order valence-electron chi connectivity index (χ3n) is 6.19. The van der Waals surface area contributed by atoms with Gasteiger partial charge in [-0.05, 0) is 67.8 Å². The van der Waals surface area contributed by atoms with Gasteiger partial charge < -0.3 is 19.0 Å². The summed E-state index contributed by atoms with van der Waals surface area (Å²) in [5.74, 6) is 0.244. The SMILES string of the molecule is COc1ccc(-c2nc(C3(C(=O)O)CCCCN3C(=O)N(C)O)oc2-c2ccc(OC)cc2)cc1. The molecular formula is C25H27N3O7. The van der Waals surface area contributed by atoms with Gasteiger partial charge >= 0.3 is 12.0 Å². The highest BCUT2D eigenvalue weighted by Gasteiger charge is 2.54. The Morgan fingerprint density at radius 1 is 1.00 bits per heavy atom. The lowest BCUT2D eigenvalue weighted by molar-refractivity contribution is -0.156. The lowest BCUT2D eigenvalue weighted by atomic mass is 9.86. The monoisotopic (exact) mass is 481 g/mol. The van der Waals surface area contributed by atoms with E-state index in [9.17, 15) is 19.9 Å². The van der Waals surface area contributed by atoms with Gasteiger partial charge in [-0.1, -0.05) is 0 Å². The molecule has 0 saturated carbocycles. The minimum absolute atomic E-state index is 0.0898. The quantitative estimate of drug-likeness (QED) is 0.396. The molecule has 1 aliphatic rings. The summed E-state index contributed by atoms with van der Waals surface area (Å²) in [7, 11) is 4.29. The molecule has 10 heteroatoms. The number of likely N-dealkylation sites (tertiary alicyclic amines) is 1. The number of carbonyl (C=O) groups is 2. The van der Waals surface area contributed by atoms with Gasteiger partial charge in [-0.15, -0.1) is 0 Å². The van der Waals surface area contributed by atoms with Crippen molar-refractivity contribution in [3.05, 3.63) is 54.4 Å². The summed E-state index contributed by atoms with van der Waals surface area (Å²) < 4.78 is 16.7. The number of oxazole rings is 1. The molecule has 1 unspecified atom stereocenters. The third-order valence-corrected chi connectivity index (χ3v) is 6.19. The van der Waals surface area contributed by atoms with Crippen molar-refractivity contribution in [2.45, 2.75) is 24.8 Å². The van der Waals surface area contributed by atoms with Gasteiger partial charge in [0.25, 0.3) is 0 Å². The number of carboxylic acid groups (broad SMARTS) is 1. The zero-order chi connectivity index (χ0) is 25.2. The molecule has 0 bridgehead atoms. The number of hydrogen-bond donors (Lipinski definition) is 2. The van der Waals surface area contributed by atoms with Crippen LogP contribution < -0.4 is 9.47 Å². The predicted octanol–water partition coefficient (Wildman–Crippen LogP) is 4.23. The number of benzene rings is 2. The molecule has 1 saturated heterocycles. The van der Waals surface area contributed by atoms with Gasteiger partial charge in [-0.25, -0.2) is 19.6 Å². The Hall–Kier alpha value is -4.05. The number of hydroxylamine groups is 2. The molecule has 35 heavy (non-hydrogen) atoms. The zero-order valence-electron chi connectivity index (χ0n) is 19.7. The lowest BCUT2D eigenvalue weighted by Gasteiger charge is -2.42. The summed E-state index contributed by atoms with van der Waals surface area (Å²) >= 11 is 0. The maximum absolute atomic E-state index is 12.8. The Labute approximate surface area is 202 Å². The molecule has 2 aromatic carbocycles. The Kier molecular flexibility index (Phi) is 6.65. The second-order valence-electron chi connectivity index (χ2n) is 8.23. The third kappa shape index (κ3) is 4.28. The first kappa shape index (κ1) is 24.1. The number of aliphatic carboxylic acids is 1. The van der Waals surface area contributed by atoms with Crippen LogP contribution in [0.2, 0.25) is 0 Å². The van der Waals surface area contributed by atoms with Gasteiger partial charge in [-0.2, -0.15) is 0 Å². The number of methoxy groups -OCH3 is 2. The molecule has 1 atom stereocenters. The molecular weight excluding hydrogens is 454 g/mol. The Morgan fingerprint density at radius 2 is 1.57 bits per heavy atom. The first-order valence-electron chi connectivity index (χ1n) is 11.1. The normalized spacial score (nSPS) is 17.7. The summed E-state index contributed by atoms with van der Waals surface area (Å²) in [4.78, 5) is 31.3. The molecule has 3 aromatic rings. The minimum Gasteiger partial charge on any atom is -0.497 e. The standard InChI is InChI=1S/C25H27N3O7/c1-27(32)24(31)28-15-5-4-14-25(28,23(29)30)22-26-20(16-6-10-18(33-2)11-7-16)21(35-22)17-8-12-19(34-3)13-9-17/h6-13,32H,4-5,14-15H2,1-3H3,(H,29,30). The van der Waals surface area contributed by atoms with Crippen LogP contribution in [0.3, 0.4) is 0 Å². The molecule has 10 nitrogen and oxygen atoms in total. The van der Waals surface area contributed by atoms with Gasteiger partial charge in [0.15, 0.2) is 5.76 Å². The van der Waals surface area contributed by atoms with E-state index in [-0.39, 0.29) is 18.9 Å². The molecule has 0 aliphatic carbocycles. The van der Waals surface area contributed by atoms with Crippen molar-refractivity contribution in [3.63, 3.8) is 0 Å². The fourth-order valence-corrected chi connectivity index (χ4v) is 4.33. The van der Waals surface area contributed by atoms with Crippen LogP contribution >= 0.6 is 0 Å². The van der Waals surface area contributed by atoms with Crippen LogP contribution in [0, 0.1) is 0 Å². The molecule has 0 radical (unpaired) electrons. The topological polar surface area (TPSA) is 126 Å². The van der Waals surface area contributed by atoms with Crippen molar-refractivity contribution in [2.75, 3.05) is 27.8 Å². The number of hydrogen-bond acceptors (Lipinski definition) is 7. The smallest absolute Gasteiger partial charge is 0.344 e. The van der Waals surface area contributed by atoms with Crippen LogP contribution in [0.1, 0.15) is 25.2 Å². The molecule has 2 amide bonds. The molecule has 184 valence electrons. The van der Waals surface area contributed by atoms with Gasteiger partial charge in [0.1, 0.15) is 17.2 Å². The van der Waals surface area contributed by atoms with Crippen molar-refractivity contribution in [3.8, 4) is 34.1 Å². The summed E-state index contributed by atoms with van der Waals surface area (Å²) in [6, 6.07) is 13.4. The molecule has 2 N–H and O–H groups in total. The van der Waals surface area contributed by atoms with Gasteiger partial charge in [0.2, 0.25) is 11.4 Å². The van der Waals surface area contributed by atoms with E-state index in [1.807, 2.05) is 0 Å². The van der Waals surface area contributed by atoms with E-state index in [0.717, 1.165) is 11.9 Å². The van der Waals surface area contributed by atoms with E-state index < -0.39 is 17.5 Å². The number of carbonyl (C=O) groups excluding carboxylic acids is 1. The largest absolute Gasteiger partial charge is 0.497 e. The Morgan fingerprint density at radius 3 is 2.09 bits per heavy atom. The van der Waals surface area contributed by atoms with Crippen LogP contribution in [-0.2, 0) is 10.3 Å². The molecule has 1 fully saturated rings. The Bertz CT molecular complexity index is 1140. The van der Waals surface area contributed by atoms with E-state index in [4.69, 9.17) is 13.9 Å². The first-order chi connectivity index (χ1) is 16.8. The predicted molar refractivity (Wildman–Crippen MR) is 125 cm³/mol. The Balaban J connectivity index is 1.92. The van der Waals surface area contributed by atoms with E-state index in [1.54, 1.807) is 62.8 Å². The number of urea groups is 1. The van der Waals surface area contributed by atoms with Gasteiger partial charge in [-0.3, -0.25) is 10.1 Å². The summed E-state index contributed by atoms with van der Waals surface area (Å²) in [5, 5.41) is 20.6. The molecule has 0 spiro atoms. The number of nitrogens with zero attached hydrogens (tertiary/aromatic N) is 3. The minimum atomic E-state index is -1.88. The highest BCUT2D eigenvalue weighted by molar-refractivity contribution is 5.87. The van der Waals surface area contributed by atoms with E-state index in [0.29, 0.717) is 52.0 Å². The van der Waals surface area contributed by atoms with Crippen LogP contribution in [0.4, 0.5) is 4.79 Å². The zero-order valence-corrected chi connectivity index (χ0v) is 19.7. The number of carboxylic acids is 1. The molecule has 4 rings (SSSR count). The van der Waals surface area contributed by atoms with E-state index in [1.165, 1.54) is 0 Å². The van der Waals surface area contributed by atoms with Crippen LogP contribution in [0.15, 0.2) is 52.9 Å². The summed E-state index contributed by atoms with van der Waals surface area (Å²) in [5.41, 5.74) is -0.120. The maximum Gasteiger partial charge on any atom is 0.344 e. The number of rotatable bonds is 6. The van der Waals surface area contributed by atoms with Crippen molar-refractivity contribution >= 4 is 12.0 Å². The second-order valence-corrected chi connectivity index (χ2v) is 8.23. The first-order valence-corrected chi connectivity index (χ1v) is 11.1. The van der Waals surface area contributed by atoms with Crippen molar-refractivity contribution in [1.82, 2.24) is 14.9 Å². The fourth-order valence-electron chi connectivity index (χ4n) is 4.33. The maximum atomic E-state index is 12.8. The summed E-state index contributed by atoms with van der Waals surface area (Å²) in [6.07, 6.45) is 1.22. The van der Waals surface area contributed by atoms with E-state index >= 15 is 0 Å². The van der Waals surface area contributed by atoms with Crippen LogP contribution in [0.25, 0.3) is 22.6 Å². The van der Waals surface area contributed by atoms with Gasteiger partial charge in [0, 0.05) is 24.7 Å².